The van der Waals surface area contributed by atoms with Gasteiger partial charge in [-0.3, -0.25) is 4.79 Å². The molecule has 1 aliphatic heterocycles. The first-order valence-electron chi connectivity index (χ1n) is 10.5. The van der Waals surface area contributed by atoms with Crippen LogP contribution in [0.25, 0.3) is 5.69 Å². The Morgan fingerprint density at radius 2 is 1.91 bits per heavy atom. The molecule has 2 aliphatic carbocycles. The summed E-state index contributed by atoms with van der Waals surface area (Å²) in [6.45, 7) is 0.560. The lowest BCUT2D eigenvalue weighted by Crippen LogP contribution is -2.60. The van der Waals surface area contributed by atoms with Gasteiger partial charge in [-0.1, -0.05) is 6.07 Å². The van der Waals surface area contributed by atoms with Crippen LogP contribution >= 0.6 is 0 Å². The van der Waals surface area contributed by atoms with Crippen LogP contribution in [0.15, 0.2) is 48.9 Å². The fourth-order valence-electron chi connectivity index (χ4n) is 5.57. The molecule has 170 valence electrons. The maximum atomic E-state index is 14.6. The zero-order valence-corrected chi connectivity index (χ0v) is 17.1. The van der Waals surface area contributed by atoms with E-state index in [1.165, 1.54) is 30.6 Å². The number of carbonyl (C=O) groups excluding carboxylic acids is 1. The van der Waals surface area contributed by atoms with Crippen molar-refractivity contribution in [2.45, 2.75) is 31.1 Å². The van der Waals surface area contributed by atoms with Gasteiger partial charge in [-0.05, 0) is 48.4 Å². The smallest absolute Gasteiger partial charge is 0.365 e. The van der Waals surface area contributed by atoms with Crippen molar-refractivity contribution in [1.29, 1.82) is 0 Å². The van der Waals surface area contributed by atoms with Gasteiger partial charge in [0.05, 0.1) is 29.6 Å². The minimum Gasteiger partial charge on any atom is -0.365 e. The lowest BCUT2D eigenvalue weighted by atomic mass is 9.71. The number of hydrogen-bond acceptors (Lipinski definition) is 5. The van der Waals surface area contributed by atoms with Crippen LogP contribution in [0.2, 0.25) is 0 Å². The summed E-state index contributed by atoms with van der Waals surface area (Å²) >= 11 is 0. The largest absolute Gasteiger partial charge is 0.417 e. The lowest BCUT2D eigenvalue weighted by Gasteiger charge is -2.48. The maximum absolute atomic E-state index is 14.6. The lowest BCUT2D eigenvalue weighted by molar-refractivity contribution is -0.137. The molecule has 11 heteroatoms. The Morgan fingerprint density at radius 3 is 2.61 bits per heavy atom. The van der Waals surface area contributed by atoms with E-state index in [0.29, 0.717) is 18.3 Å². The van der Waals surface area contributed by atoms with Crippen LogP contribution in [0.4, 0.5) is 23.4 Å². The molecule has 1 aromatic carbocycles. The Bertz CT molecular complexity index is 1230. The van der Waals surface area contributed by atoms with Crippen molar-refractivity contribution in [3.63, 3.8) is 0 Å². The SMILES string of the molecule is O=C(c1cccc(F)c1-n1nccn1)N1CC2CC23CC(Nc2ccc(C(F)(F)F)cn2)C13. The third-order valence-electron chi connectivity index (χ3n) is 7.12. The zero-order chi connectivity index (χ0) is 23.0. The Hall–Kier alpha value is -3.50. The first kappa shape index (κ1) is 20.1. The van der Waals surface area contributed by atoms with E-state index in [1.54, 1.807) is 11.0 Å². The van der Waals surface area contributed by atoms with Crippen LogP contribution < -0.4 is 5.32 Å². The fourth-order valence-corrected chi connectivity index (χ4v) is 5.57. The van der Waals surface area contributed by atoms with Crippen LogP contribution in [0.3, 0.4) is 0 Å². The van der Waals surface area contributed by atoms with Gasteiger partial charge in [0.15, 0.2) is 5.82 Å². The fraction of sp³-hybridized carbons (Fsp3) is 0.364. The van der Waals surface area contributed by atoms with E-state index in [2.05, 4.69) is 20.5 Å². The van der Waals surface area contributed by atoms with E-state index >= 15 is 0 Å². The molecule has 2 saturated carbocycles. The van der Waals surface area contributed by atoms with Crippen LogP contribution in [-0.2, 0) is 6.18 Å². The summed E-state index contributed by atoms with van der Waals surface area (Å²) < 4.78 is 53.1. The second-order valence-corrected chi connectivity index (χ2v) is 8.88. The maximum Gasteiger partial charge on any atom is 0.417 e. The number of para-hydroxylation sites is 1. The van der Waals surface area contributed by atoms with Gasteiger partial charge in [0.25, 0.3) is 5.91 Å². The minimum atomic E-state index is -4.45. The third kappa shape index (κ3) is 3.01. The Morgan fingerprint density at radius 1 is 1.12 bits per heavy atom. The average molecular weight is 458 g/mol. The minimum absolute atomic E-state index is 0.00429. The van der Waals surface area contributed by atoms with Gasteiger partial charge < -0.3 is 10.2 Å². The molecule has 3 aliphatic rings. The molecule has 3 aromatic rings. The van der Waals surface area contributed by atoms with E-state index in [0.717, 1.165) is 29.9 Å². The first-order valence-corrected chi connectivity index (χ1v) is 10.5. The number of benzene rings is 1. The second kappa shape index (κ2) is 6.75. The summed E-state index contributed by atoms with van der Waals surface area (Å²) in [6.07, 6.45) is 0.980. The van der Waals surface area contributed by atoms with Gasteiger partial charge in [-0.25, -0.2) is 9.37 Å². The molecule has 1 N–H and O–H groups in total. The summed E-state index contributed by atoms with van der Waals surface area (Å²) in [5, 5.41) is 11.1. The number of piperidine rings is 1. The molecule has 1 saturated heterocycles. The number of hydrogen-bond donors (Lipinski definition) is 1. The number of nitrogens with zero attached hydrogens (tertiary/aromatic N) is 5. The molecular formula is C22H18F4N6O. The molecular weight excluding hydrogens is 440 g/mol. The number of alkyl halides is 3. The molecule has 6 rings (SSSR count). The van der Waals surface area contributed by atoms with E-state index in [9.17, 15) is 22.4 Å². The highest BCUT2D eigenvalue weighted by atomic mass is 19.4. The standard InChI is InChI=1S/C22H18F4N6O/c23-15-3-1-2-14(18(15)32-28-6-7-29-32)20(33)31-11-13-8-21(13)9-16(19(21)31)30-17-5-4-12(10-27-17)22(24,25)26/h1-7,10,13,16,19H,8-9,11H2,(H,27,30). The predicted octanol–water partition coefficient (Wildman–Crippen LogP) is 3.54. The van der Waals surface area contributed by atoms with Crippen LogP contribution in [-0.4, -0.2) is 49.4 Å². The molecule has 1 spiro atoms. The van der Waals surface area contributed by atoms with Gasteiger partial charge in [0, 0.05) is 18.8 Å². The topological polar surface area (TPSA) is 75.9 Å². The monoisotopic (exact) mass is 458 g/mol. The molecule has 1 amide bonds. The van der Waals surface area contributed by atoms with E-state index in [-0.39, 0.29) is 34.7 Å². The highest BCUT2D eigenvalue weighted by molar-refractivity contribution is 5.98. The van der Waals surface area contributed by atoms with Crippen molar-refractivity contribution in [3.8, 4) is 5.69 Å². The quantitative estimate of drug-likeness (QED) is 0.606. The number of rotatable bonds is 4. The Labute approximate surface area is 185 Å². The number of amides is 1. The summed E-state index contributed by atoms with van der Waals surface area (Å²) in [7, 11) is 0. The number of halogens is 4. The number of anilines is 1. The van der Waals surface area contributed by atoms with Gasteiger partial charge in [0.1, 0.15) is 11.5 Å². The van der Waals surface area contributed by atoms with Gasteiger partial charge in [-0.2, -0.15) is 23.4 Å². The van der Waals surface area contributed by atoms with Gasteiger partial charge in [-0.15, -0.1) is 4.80 Å². The molecule has 4 unspecified atom stereocenters. The van der Waals surface area contributed by atoms with Crippen molar-refractivity contribution in [1.82, 2.24) is 24.9 Å². The highest BCUT2D eigenvalue weighted by Crippen LogP contribution is 2.71. The van der Waals surface area contributed by atoms with Crippen molar-refractivity contribution in [2.24, 2.45) is 11.3 Å². The van der Waals surface area contributed by atoms with Crippen LogP contribution in [0.5, 0.6) is 0 Å². The number of aromatic nitrogens is 4. The normalized spacial score (nSPS) is 27.5. The zero-order valence-electron chi connectivity index (χ0n) is 17.1. The van der Waals surface area contributed by atoms with Gasteiger partial charge in [0.2, 0.25) is 0 Å². The number of likely N-dealkylation sites (tertiary alicyclic amines) is 1. The van der Waals surface area contributed by atoms with Crippen LogP contribution in [0.1, 0.15) is 28.8 Å². The Kier molecular flexibility index (Phi) is 4.12. The first-order chi connectivity index (χ1) is 15.8. The highest BCUT2D eigenvalue weighted by Gasteiger charge is 2.75. The van der Waals surface area contributed by atoms with E-state index in [4.69, 9.17) is 0 Å². The molecule has 2 aromatic heterocycles. The average Bonchev–Trinajstić information content (AvgIpc) is 3.14. The second-order valence-electron chi connectivity index (χ2n) is 8.88. The molecule has 7 nitrogen and oxygen atoms in total. The predicted molar refractivity (Wildman–Crippen MR) is 108 cm³/mol. The van der Waals surface area contributed by atoms with Crippen LogP contribution in [0, 0.1) is 17.2 Å². The van der Waals surface area contributed by atoms with Crippen molar-refractivity contribution < 1.29 is 22.4 Å². The Balaban J connectivity index is 1.26. The number of pyridine rings is 1. The molecule has 4 atom stereocenters. The third-order valence-corrected chi connectivity index (χ3v) is 7.12. The van der Waals surface area contributed by atoms with Crippen molar-refractivity contribution in [3.05, 3.63) is 65.9 Å². The molecule has 0 bridgehead atoms. The molecule has 3 fully saturated rings. The summed E-state index contributed by atoms with van der Waals surface area (Å²) in [6, 6.07) is 6.28. The summed E-state index contributed by atoms with van der Waals surface area (Å²) in [4.78, 5) is 20.3. The van der Waals surface area contributed by atoms with Crippen molar-refractivity contribution >= 4 is 11.7 Å². The van der Waals surface area contributed by atoms with Gasteiger partial charge >= 0.3 is 6.18 Å². The molecule has 33 heavy (non-hydrogen) atoms. The number of carbonyl (C=O) groups is 1. The molecule has 3 heterocycles. The van der Waals surface area contributed by atoms with Crippen molar-refractivity contribution in [2.75, 3.05) is 11.9 Å². The summed E-state index contributed by atoms with van der Waals surface area (Å²) in [5.74, 6) is -0.213. The summed E-state index contributed by atoms with van der Waals surface area (Å²) in [5.41, 5.74) is -0.628. The molecule has 0 radical (unpaired) electrons. The van der Waals surface area contributed by atoms with E-state index in [1.807, 2.05) is 0 Å². The van der Waals surface area contributed by atoms with E-state index < -0.39 is 17.6 Å². The number of nitrogens with one attached hydrogen (secondary N) is 1.